The minimum Gasteiger partial charge on any atom is -0.446 e. The van der Waals surface area contributed by atoms with Gasteiger partial charge in [0.2, 0.25) is 0 Å². The van der Waals surface area contributed by atoms with Crippen molar-refractivity contribution < 1.29 is 14.3 Å². The van der Waals surface area contributed by atoms with Gasteiger partial charge in [0.1, 0.15) is 17.7 Å². The van der Waals surface area contributed by atoms with E-state index >= 15 is 0 Å². The topological polar surface area (TPSA) is 93.5 Å². The molecule has 4 heterocycles. The molecule has 1 amide bonds. The molecule has 9 heteroatoms. The number of hydrogen-bond donors (Lipinski definition) is 2. The molecular formula is C29H44N6O3. The summed E-state index contributed by atoms with van der Waals surface area (Å²) in [7, 11) is 2.19. The van der Waals surface area contributed by atoms with Gasteiger partial charge in [-0.3, -0.25) is 0 Å². The van der Waals surface area contributed by atoms with Gasteiger partial charge in [0.25, 0.3) is 0 Å². The van der Waals surface area contributed by atoms with Crippen molar-refractivity contribution in [3.63, 3.8) is 0 Å². The zero-order chi connectivity index (χ0) is 26.9. The van der Waals surface area contributed by atoms with E-state index in [1.807, 2.05) is 0 Å². The number of rotatable bonds is 1. The van der Waals surface area contributed by atoms with Crippen LogP contribution in [0.1, 0.15) is 89.1 Å². The lowest BCUT2D eigenvalue weighted by molar-refractivity contribution is 0.0935. The van der Waals surface area contributed by atoms with E-state index in [1.54, 1.807) is 0 Å². The minimum atomic E-state index is -0.345. The number of hydrogen-bond acceptors (Lipinski definition) is 7. The lowest BCUT2D eigenvalue weighted by Crippen LogP contribution is -2.30. The zero-order valence-corrected chi connectivity index (χ0v) is 23.7. The van der Waals surface area contributed by atoms with E-state index in [-0.39, 0.29) is 23.2 Å². The first kappa shape index (κ1) is 26.9. The smallest absolute Gasteiger partial charge is 0.407 e. The van der Waals surface area contributed by atoms with Crippen LogP contribution in [0.25, 0.3) is 0 Å². The number of nitrogens with one attached hydrogen (secondary N) is 2. The Balaban J connectivity index is 1.49. The highest BCUT2D eigenvalue weighted by Gasteiger charge is 2.41. The fourth-order valence-corrected chi connectivity index (χ4v) is 6.04. The summed E-state index contributed by atoms with van der Waals surface area (Å²) in [6.07, 6.45) is 5.05. The Labute approximate surface area is 226 Å². The highest BCUT2D eigenvalue weighted by Crippen LogP contribution is 2.43. The van der Waals surface area contributed by atoms with E-state index in [0.29, 0.717) is 25.7 Å². The summed E-state index contributed by atoms with van der Waals surface area (Å²) in [6, 6.07) is 6.49. The van der Waals surface area contributed by atoms with Crippen molar-refractivity contribution >= 4 is 17.7 Å². The molecule has 2 N–H and O–H groups in total. The van der Waals surface area contributed by atoms with Crippen LogP contribution < -0.4 is 10.6 Å². The van der Waals surface area contributed by atoms with Crippen LogP contribution >= 0.6 is 0 Å². The Hall–Kier alpha value is -2.65. The number of ether oxygens (including phenoxy) is 2. The molecule has 3 aliphatic rings. The molecule has 2 fully saturated rings. The van der Waals surface area contributed by atoms with Crippen LogP contribution in [0.2, 0.25) is 0 Å². The Morgan fingerprint density at radius 3 is 2.71 bits per heavy atom. The van der Waals surface area contributed by atoms with E-state index in [0.717, 1.165) is 74.6 Å². The summed E-state index contributed by atoms with van der Waals surface area (Å²) in [5, 5.41) is 11.6. The minimum absolute atomic E-state index is 0.109. The van der Waals surface area contributed by atoms with Gasteiger partial charge in [0.05, 0.1) is 23.5 Å². The van der Waals surface area contributed by atoms with Gasteiger partial charge in [-0.15, -0.1) is 0 Å². The van der Waals surface area contributed by atoms with Crippen LogP contribution in [0.4, 0.5) is 16.4 Å². The third-order valence-corrected chi connectivity index (χ3v) is 8.33. The van der Waals surface area contributed by atoms with Crippen LogP contribution in [0.3, 0.4) is 0 Å². The van der Waals surface area contributed by atoms with E-state index < -0.39 is 0 Å². The summed E-state index contributed by atoms with van der Waals surface area (Å²) in [5.74, 6) is 2.22. The van der Waals surface area contributed by atoms with Gasteiger partial charge in [0.15, 0.2) is 0 Å². The Morgan fingerprint density at radius 1 is 1.16 bits per heavy atom. The van der Waals surface area contributed by atoms with Gasteiger partial charge in [-0.1, -0.05) is 13.0 Å². The van der Waals surface area contributed by atoms with Crippen LogP contribution in [-0.2, 0) is 27.0 Å². The van der Waals surface area contributed by atoms with E-state index in [4.69, 9.17) is 19.6 Å². The number of nitrogens with zero attached hydrogens (tertiary/aromatic N) is 4. The number of pyridine rings is 1. The third-order valence-electron chi connectivity index (χ3n) is 8.33. The molecule has 1 saturated heterocycles. The van der Waals surface area contributed by atoms with Crippen molar-refractivity contribution in [1.82, 2.24) is 25.0 Å². The number of piperidine rings is 1. The lowest BCUT2D eigenvalue weighted by atomic mass is 9.85. The summed E-state index contributed by atoms with van der Waals surface area (Å²) in [5.41, 5.74) is 2.92. The fraction of sp³-hybridized carbons (Fsp3) is 0.690. The molecule has 208 valence electrons. The summed E-state index contributed by atoms with van der Waals surface area (Å²) >= 11 is 0. The first-order valence-electron chi connectivity index (χ1n) is 14.2. The van der Waals surface area contributed by atoms with Crippen molar-refractivity contribution in [3.8, 4) is 0 Å². The Kier molecular flexibility index (Phi) is 7.69. The highest BCUT2D eigenvalue weighted by atomic mass is 16.6. The average molecular weight is 525 g/mol. The molecular weight excluding hydrogens is 480 g/mol. The monoisotopic (exact) mass is 524 g/mol. The van der Waals surface area contributed by atoms with Gasteiger partial charge in [0, 0.05) is 24.6 Å². The van der Waals surface area contributed by atoms with Crippen molar-refractivity contribution in [2.75, 3.05) is 38.6 Å². The van der Waals surface area contributed by atoms with Crippen LogP contribution in [-0.4, -0.2) is 65.2 Å². The number of anilines is 2. The molecule has 2 aromatic heterocycles. The van der Waals surface area contributed by atoms with Crippen LogP contribution in [0.15, 0.2) is 18.2 Å². The van der Waals surface area contributed by atoms with Gasteiger partial charge in [-0.25, -0.2) is 14.5 Å². The molecule has 1 aliphatic carbocycles. The molecule has 0 radical (unpaired) electrons. The van der Waals surface area contributed by atoms with Gasteiger partial charge in [-0.2, -0.15) is 5.10 Å². The molecule has 6 bridgehead atoms. The van der Waals surface area contributed by atoms with E-state index in [9.17, 15) is 4.79 Å². The molecule has 0 unspecified atom stereocenters. The van der Waals surface area contributed by atoms with Gasteiger partial charge < -0.3 is 25.0 Å². The van der Waals surface area contributed by atoms with Crippen molar-refractivity contribution in [2.24, 2.45) is 0 Å². The summed E-state index contributed by atoms with van der Waals surface area (Å²) < 4.78 is 13.9. The van der Waals surface area contributed by atoms with E-state index in [2.05, 4.69) is 73.2 Å². The standard InChI is InChI=1S/C29H44N6O3/c1-28(2,3)35-26-17-24(33-35)29(4)12-9-21(18-29)38-27(36)30-13-6-16-37-19-23-22(7-8-25(31-23)32-26)20-10-14-34(5)15-11-20/h7-8,17,20-21H,6,9-16,18-19H2,1-5H3,(H,30,36)(H,31,32)/t21-,29+/m1/s1. The number of carbonyl (C=O) groups is 1. The van der Waals surface area contributed by atoms with Crippen LogP contribution in [0, 0.1) is 0 Å². The number of alkyl carbamates (subject to hydrolysis) is 1. The highest BCUT2D eigenvalue weighted by molar-refractivity contribution is 5.67. The number of likely N-dealkylation sites (tertiary alicyclic amines) is 1. The second-order valence-electron chi connectivity index (χ2n) is 12.6. The average Bonchev–Trinajstić information content (AvgIpc) is 3.46. The predicted molar refractivity (Wildman–Crippen MR) is 148 cm³/mol. The number of aromatic nitrogens is 3. The number of carbonyl (C=O) groups excluding carboxylic acids is 1. The SMILES string of the molecule is CN1CCC(c2ccc3nc2COCCCNC(=O)O[C@@H]2CC[C@@](C)(C2)c2cc(n(C(C)(C)C)n2)N3)CC1. The van der Waals surface area contributed by atoms with E-state index in [1.165, 1.54) is 5.56 Å². The van der Waals surface area contributed by atoms with Crippen LogP contribution in [0.5, 0.6) is 0 Å². The molecule has 2 aromatic rings. The van der Waals surface area contributed by atoms with Gasteiger partial charge >= 0.3 is 6.09 Å². The first-order chi connectivity index (χ1) is 18.1. The maximum atomic E-state index is 12.4. The first-order valence-corrected chi connectivity index (χ1v) is 14.2. The maximum absolute atomic E-state index is 12.4. The molecule has 38 heavy (non-hydrogen) atoms. The molecule has 0 aromatic carbocycles. The summed E-state index contributed by atoms with van der Waals surface area (Å²) in [6.45, 7) is 12.4. The fourth-order valence-electron chi connectivity index (χ4n) is 6.04. The quantitative estimate of drug-likeness (QED) is 0.540. The number of amides is 1. The van der Waals surface area contributed by atoms with Crippen molar-refractivity contribution in [3.05, 3.63) is 35.2 Å². The largest absolute Gasteiger partial charge is 0.446 e. The van der Waals surface area contributed by atoms with Gasteiger partial charge in [-0.05, 0) is 97.0 Å². The number of fused-ring (bicyclic) bond motifs is 7. The second-order valence-corrected chi connectivity index (χ2v) is 12.6. The molecule has 2 aliphatic heterocycles. The Morgan fingerprint density at radius 2 is 1.95 bits per heavy atom. The molecule has 9 nitrogen and oxygen atoms in total. The predicted octanol–water partition coefficient (Wildman–Crippen LogP) is 5.04. The molecule has 0 spiro atoms. The lowest BCUT2D eigenvalue weighted by Gasteiger charge is -2.30. The Bertz CT molecular complexity index is 1130. The maximum Gasteiger partial charge on any atom is 0.407 e. The zero-order valence-electron chi connectivity index (χ0n) is 23.7. The van der Waals surface area contributed by atoms with Crippen molar-refractivity contribution in [1.29, 1.82) is 0 Å². The van der Waals surface area contributed by atoms with Crippen molar-refractivity contribution in [2.45, 2.75) is 95.8 Å². The second kappa shape index (κ2) is 10.8. The molecule has 5 rings (SSSR count). The normalized spacial score (nSPS) is 26.1. The summed E-state index contributed by atoms with van der Waals surface area (Å²) in [4.78, 5) is 19.9. The molecule has 1 saturated carbocycles. The molecule has 2 atom stereocenters. The third kappa shape index (κ3) is 5.99.